The predicted octanol–water partition coefficient (Wildman–Crippen LogP) is 12.3. The number of rotatable bonds is 34. The summed E-state index contributed by atoms with van der Waals surface area (Å²) in [6.45, 7) is 7.88. The third kappa shape index (κ3) is 29.5. The lowest BCUT2D eigenvalue weighted by atomic mass is 9.96. The molecule has 0 spiro atoms. The third-order valence-electron chi connectivity index (χ3n) is 8.90. The average molecular weight is 646 g/mol. The Morgan fingerprint density at radius 1 is 0.543 bits per heavy atom. The van der Waals surface area contributed by atoms with Crippen LogP contribution in [0, 0.1) is 5.92 Å². The van der Waals surface area contributed by atoms with Crippen molar-refractivity contribution in [3.63, 3.8) is 0 Å². The Bertz CT molecular complexity index is 774. The van der Waals surface area contributed by atoms with Gasteiger partial charge in [-0.2, -0.15) is 0 Å². The minimum absolute atomic E-state index is 0.121. The highest BCUT2D eigenvalue weighted by molar-refractivity contribution is 6.00. The predicted molar refractivity (Wildman–Crippen MR) is 197 cm³/mol. The van der Waals surface area contributed by atoms with Gasteiger partial charge < -0.3 is 10.1 Å². The molecule has 0 heterocycles. The van der Waals surface area contributed by atoms with Crippen molar-refractivity contribution in [3.05, 3.63) is 24.3 Å². The second-order valence-electron chi connectivity index (χ2n) is 13.4. The molecule has 1 N–H and O–H groups in total. The van der Waals surface area contributed by atoms with Crippen molar-refractivity contribution in [1.82, 2.24) is 5.32 Å². The largest absolute Gasteiger partial charge is 0.442 e. The summed E-state index contributed by atoms with van der Waals surface area (Å²) in [6, 6.07) is 0. The van der Waals surface area contributed by atoms with Crippen molar-refractivity contribution in [2.45, 2.75) is 214 Å². The van der Waals surface area contributed by atoms with Gasteiger partial charge in [0, 0.05) is 12.8 Å². The van der Waals surface area contributed by atoms with Crippen LogP contribution in [0.3, 0.4) is 0 Å². The van der Waals surface area contributed by atoms with Gasteiger partial charge in [0.15, 0.2) is 6.23 Å². The van der Waals surface area contributed by atoms with Crippen LogP contribution in [0.1, 0.15) is 207 Å². The molecule has 5 heteroatoms. The van der Waals surface area contributed by atoms with E-state index in [-0.39, 0.29) is 17.7 Å². The maximum Gasteiger partial charge on any atom is 0.307 e. The maximum atomic E-state index is 12.9. The lowest BCUT2D eigenvalue weighted by Gasteiger charge is -2.21. The first-order chi connectivity index (χ1) is 22.5. The number of Topliss-reactive ketones (excluding diaryl/α,β-unsaturated/α-hetero) is 1. The molecule has 0 rings (SSSR count). The highest BCUT2D eigenvalue weighted by Crippen LogP contribution is 2.16. The summed E-state index contributed by atoms with van der Waals surface area (Å²) >= 11 is 0. The molecule has 268 valence electrons. The van der Waals surface area contributed by atoms with Crippen LogP contribution in [0.15, 0.2) is 24.3 Å². The van der Waals surface area contributed by atoms with Crippen molar-refractivity contribution in [2.24, 2.45) is 5.92 Å². The summed E-state index contributed by atoms with van der Waals surface area (Å²) in [6.07, 6.45) is 40.3. The Morgan fingerprint density at radius 2 is 0.935 bits per heavy atom. The van der Waals surface area contributed by atoms with Crippen LogP contribution in [0.4, 0.5) is 0 Å². The lowest BCUT2D eigenvalue weighted by Crippen LogP contribution is -2.43. The molecule has 0 aromatic rings. The first-order valence-corrected chi connectivity index (χ1v) is 19.8. The van der Waals surface area contributed by atoms with Gasteiger partial charge in [-0.1, -0.05) is 148 Å². The van der Waals surface area contributed by atoms with E-state index < -0.39 is 12.1 Å². The van der Waals surface area contributed by atoms with Gasteiger partial charge in [-0.05, 0) is 71.1 Å². The second-order valence-corrected chi connectivity index (χ2v) is 13.4. The standard InChI is InChI=1S/C41H75NO4/c1-5-8-10-12-14-16-18-20-22-24-26-28-30-32-34-36-40(44)46-39(7-3)42-41(45)38(37(4)43)35-33-31-29-27-25-23-21-19-17-15-13-11-9-6-2/h20-23,38-39H,5-19,24-36H2,1-4H3,(H,42,45). The average Bonchev–Trinajstić information content (AvgIpc) is 3.04. The van der Waals surface area contributed by atoms with Crippen LogP contribution in [0.5, 0.6) is 0 Å². The summed E-state index contributed by atoms with van der Waals surface area (Å²) in [5, 5.41) is 2.81. The fourth-order valence-corrected chi connectivity index (χ4v) is 5.79. The quantitative estimate of drug-likeness (QED) is 0.0248. The Morgan fingerprint density at radius 3 is 1.35 bits per heavy atom. The summed E-state index contributed by atoms with van der Waals surface area (Å²) < 4.78 is 5.55. The third-order valence-corrected chi connectivity index (χ3v) is 8.90. The van der Waals surface area contributed by atoms with Crippen LogP contribution < -0.4 is 5.32 Å². The summed E-state index contributed by atoms with van der Waals surface area (Å²) in [5.41, 5.74) is 0. The first-order valence-electron chi connectivity index (χ1n) is 19.8. The summed E-state index contributed by atoms with van der Waals surface area (Å²) in [5.74, 6) is -1.38. The van der Waals surface area contributed by atoms with Crippen molar-refractivity contribution in [3.8, 4) is 0 Å². The molecule has 0 bridgehead atoms. The normalized spacial score (nSPS) is 13.0. The molecule has 0 radical (unpaired) electrons. The molecule has 0 saturated heterocycles. The molecule has 2 atom stereocenters. The molecule has 0 aliphatic carbocycles. The van der Waals surface area contributed by atoms with Gasteiger partial charge in [0.05, 0.1) is 5.92 Å². The molecule has 0 aromatic heterocycles. The number of amides is 1. The van der Waals surface area contributed by atoms with Crippen LogP contribution in [-0.2, 0) is 19.1 Å². The van der Waals surface area contributed by atoms with Gasteiger partial charge in [0.1, 0.15) is 5.78 Å². The number of ether oxygens (including phenoxy) is 1. The molecular formula is C41H75NO4. The number of carbonyl (C=O) groups excluding carboxylic acids is 3. The Hall–Kier alpha value is -1.91. The fourth-order valence-electron chi connectivity index (χ4n) is 5.79. The van der Waals surface area contributed by atoms with Crippen LogP contribution >= 0.6 is 0 Å². The number of esters is 1. The van der Waals surface area contributed by atoms with Crippen molar-refractivity contribution < 1.29 is 19.1 Å². The van der Waals surface area contributed by atoms with E-state index in [1.807, 2.05) is 6.92 Å². The number of nitrogens with one attached hydrogen (secondary N) is 1. The molecule has 0 saturated carbocycles. The van der Waals surface area contributed by atoms with E-state index >= 15 is 0 Å². The zero-order valence-electron chi connectivity index (χ0n) is 30.9. The Kier molecular flexibility index (Phi) is 33.0. The monoisotopic (exact) mass is 646 g/mol. The zero-order valence-corrected chi connectivity index (χ0v) is 30.9. The molecule has 0 fully saturated rings. The van der Waals surface area contributed by atoms with Gasteiger partial charge >= 0.3 is 5.97 Å². The van der Waals surface area contributed by atoms with E-state index in [2.05, 4.69) is 43.5 Å². The molecule has 0 aliphatic rings. The number of hydrogen-bond acceptors (Lipinski definition) is 4. The van der Waals surface area contributed by atoms with Gasteiger partial charge in [-0.3, -0.25) is 14.4 Å². The zero-order chi connectivity index (χ0) is 33.9. The SMILES string of the molecule is CCCCCCCCC=CCCCCCCCC(=O)OC(CC)NC(=O)C(CCCCCCC=CCCCCCCCC)C(C)=O. The van der Waals surface area contributed by atoms with E-state index in [1.54, 1.807) is 0 Å². The van der Waals surface area contributed by atoms with Gasteiger partial charge in [-0.15, -0.1) is 0 Å². The Labute approximate surface area is 285 Å². The van der Waals surface area contributed by atoms with Crippen LogP contribution in [0.2, 0.25) is 0 Å². The second kappa shape index (κ2) is 34.4. The molecule has 0 aliphatic heterocycles. The maximum absolute atomic E-state index is 12.9. The van der Waals surface area contributed by atoms with Crippen molar-refractivity contribution in [1.29, 1.82) is 0 Å². The van der Waals surface area contributed by atoms with Crippen LogP contribution in [0.25, 0.3) is 0 Å². The minimum Gasteiger partial charge on any atom is -0.442 e. The minimum atomic E-state index is -0.673. The van der Waals surface area contributed by atoms with E-state index in [9.17, 15) is 14.4 Å². The van der Waals surface area contributed by atoms with Gasteiger partial charge in [0.2, 0.25) is 5.91 Å². The smallest absolute Gasteiger partial charge is 0.307 e. The molecule has 1 amide bonds. The van der Waals surface area contributed by atoms with E-state index in [4.69, 9.17) is 4.74 Å². The van der Waals surface area contributed by atoms with Crippen molar-refractivity contribution in [2.75, 3.05) is 0 Å². The first kappa shape index (κ1) is 44.1. The number of carbonyl (C=O) groups is 3. The molecule has 5 nitrogen and oxygen atoms in total. The Balaban J connectivity index is 3.96. The van der Waals surface area contributed by atoms with Gasteiger partial charge in [0.25, 0.3) is 0 Å². The number of unbranched alkanes of at least 4 members (excludes halogenated alkanes) is 21. The molecule has 46 heavy (non-hydrogen) atoms. The van der Waals surface area contributed by atoms with E-state index in [0.717, 1.165) is 57.8 Å². The highest BCUT2D eigenvalue weighted by Gasteiger charge is 2.25. The van der Waals surface area contributed by atoms with Crippen LogP contribution in [-0.4, -0.2) is 23.9 Å². The molecule has 0 aromatic carbocycles. The van der Waals surface area contributed by atoms with Crippen molar-refractivity contribution >= 4 is 17.7 Å². The topological polar surface area (TPSA) is 72.5 Å². The summed E-state index contributed by atoms with van der Waals surface area (Å²) in [7, 11) is 0. The fraction of sp³-hybridized carbons (Fsp3) is 0.829. The van der Waals surface area contributed by atoms with E-state index in [0.29, 0.717) is 19.3 Å². The summed E-state index contributed by atoms with van der Waals surface area (Å²) in [4.78, 5) is 37.5. The molecule has 2 unspecified atom stereocenters. The van der Waals surface area contributed by atoms with Gasteiger partial charge in [-0.25, -0.2) is 0 Å². The number of ketones is 1. The highest BCUT2D eigenvalue weighted by atomic mass is 16.6. The molecular weight excluding hydrogens is 570 g/mol. The lowest BCUT2D eigenvalue weighted by molar-refractivity contribution is -0.153. The van der Waals surface area contributed by atoms with E-state index in [1.165, 1.54) is 110 Å². The number of allylic oxidation sites excluding steroid dienone is 4. The number of hydrogen-bond donors (Lipinski definition) is 1.